The van der Waals surface area contributed by atoms with Gasteiger partial charge in [0.25, 0.3) is 1.43 Å². The van der Waals surface area contributed by atoms with Gasteiger partial charge in [-0.05, 0) is 13.8 Å². The van der Waals surface area contributed by atoms with E-state index in [1.807, 2.05) is 0 Å². The van der Waals surface area contributed by atoms with Crippen LogP contribution in [-0.2, 0) is 4.79 Å². The summed E-state index contributed by atoms with van der Waals surface area (Å²) in [5.74, 6) is -0.725. The van der Waals surface area contributed by atoms with Crippen LogP contribution in [0.25, 0.3) is 1.43 Å². The average molecular weight is 104 g/mol. The number of carbonyl (C=O) groups is 1. The molecule has 0 aliphatic heterocycles. The average Bonchev–Trinajstić information content (AvgIpc) is 1.62. The first-order chi connectivity index (χ1) is 3.48. The molecule has 0 spiro atoms. The van der Waals surface area contributed by atoms with Crippen LogP contribution in [0.2, 0.25) is 0 Å². The highest BCUT2D eigenvalue weighted by Gasteiger charge is 2.19. The standard InChI is InChI=1S/C4H9NO2/c1-4(2,5)3(6)7/h5H2,1-2H3,(H,6,7)/i/hD. The molecule has 7 heavy (non-hydrogen) atoms. The van der Waals surface area contributed by atoms with E-state index in [4.69, 9.17) is 7.16 Å². The number of hydrogen-bond donors (Lipinski definition) is 2. The maximum absolute atomic E-state index is 10.3. The van der Waals surface area contributed by atoms with Crippen LogP contribution >= 0.6 is 0 Å². The van der Waals surface area contributed by atoms with E-state index in [1.165, 1.54) is 13.8 Å². The normalized spacial score (nSPS) is 12.7. The van der Waals surface area contributed by atoms with E-state index in [0.717, 1.165) is 0 Å². The van der Waals surface area contributed by atoms with Gasteiger partial charge in [-0.3, -0.25) is 4.79 Å². The molecule has 0 aliphatic carbocycles. The van der Waals surface area contributed by atoms with Crippen LogP contribution in [0.3, 0.4) is 0 Å². The van der Waals surface area contributed by atoms with Crippen molar-refractivity contribution in [1.82, 2.24) is 0 Å². The van der Waals surface area contributed by atoms with Gasteiger partial charge in [-0.1, -0.05) is 0 Å². The molecule has 0 rings (SSSR count). The molecule has 0 saturated carbocycles. The van der Waals surface area contributed by atoms with Gasteiger partial charge in [0.05, 0.1) is 0 Å². The van der Waals surface area contributed by atoms with Crippen molar-refractivity contribution in [3.63, 3.8) is 0 Å². The van der Waals surface area contributed by atoms with Crippen LogP contribution in [-0.4, -0.2) is 16.6 Å². The summed E-state index contributed by atoms with van der Waals surface area (Å²) in [6.45, 7) is 2.95. The summed E-state index contributed by atoms with van der Waals surface area (Å²) in [6, 6.07) is 0. The number of rotatable bonds is 1. The Labute approximate surface area is 43.6 Å². The Balaban J connectivity index is 3.82. The highest BCUT2D eigenvalue weighted by atomic mass is 16.4. The zero-order valence-corrected chi connectivity index (χ0v) is 4.39. The highest BCUT2D eigenvalue weighted by molar-refractivity contribution is 5.77. The lowest BCUT2D eigenvalue weighted by molar-refractivity contribution is -0.141. The van der Waals surface area contributed by atoms with Crippen molar-refractivity contribution in [2.24, 2.45) is 5.73 Å². The Bertz CT molecular complexity index is 96.7. The second-order valence-electron chi connectivity index (χ2n) is 2.01. The molecular formula is C4H9NO2. The van der Waals surface area contributed by atoms with E-state index >= 15 is 0 Å². The van der Waals surface area contributed by atoms with Gasteiger partial charge in [-0.25, -0.2) is 0 Å². The number of nitrogens with two attached hydrogens (primary N) is 1. The molecule has 3 heteroatoms. The predicted molar refractivity (Wildman–Crippen MR) is 25.9 cm³/mol. The Morgan fingerprint density at radius 1 is 2.00 bits per heavy atom. The molecule has 0 saturated heterocycles. The lowest BCUT2D eigenvalue weighted by Gasteiger charge is -2.09. The van der Waals surface area contributed by atoms with Gasteiger partial charge in [0.1, 0.15) is 5.54 Å². The monoisotopic (exact) mass is 104 g/mol. The van der Waals surface area contributed by atoms with Crippen LogP contribution in [0.5, 0.6) is 0 Å². The third kappa shape index (κ3) is 2.17. The van der Waals surface area contributed by atoms with E-state index in [-0.39, 0.29) is 0 Å². The second-order valence-corrected chi connectivity index (χ2v) is 2.01. The van der Waals surface area contributed by atoms with Gasteiger partial charge in [0, 0.05) is 0 Å². The smallest absolute Gasteiger partial charge is 0.323 e. The molecule has 0 aromatic rings. The Morgan fingerprint density at radius 3 is 2.43 bits per heavy atom. The highest BCUT2D eigenvalue weighted by Crippen LogP contribution is 1.93. The molecule has 0 radical (unpaired) electrons. The molecule has 0 heterocycles. The number of hydrogen-bond acceptors (Lipinski definition) is 3. The SMILES string of the molecule is [2H]OC(=O)C(C)(C)N. The first-order valence-corrected chi connectivity index (χ1v) is 1.95. The molecule has 0 aromatic heterocycles. The molecule has 42 valence electrons. The lowest BCUT2D eigenvalue weighted by Crippen LogP contribution is -2.41. The molecular weight excluding hydrogens is 94.0 g/mol. The summed E-state index contributed by atoms with van der Waals surface area (Å²) in [7, 11) is 0. The van der Waals surface area contributed by atoms with Crippen molar-refractivity contribution in [2.75, 3.05) is 0 Å². The summed E-state index contributed by atoms with van der Waals surface area (Å²) >= 11 is 0. The summed E-state index contributed by atoms with van der Waals surface area (Å²) in [5, 5.41) is 3.60. The van der Waals surface area contributed by atoms with E-state index in [2.05, 4.69) is 5.11 Å². The van der Waals surface area contributed by atoms with Gasteiger partial charge in [-0.15, -0.1) is 0 Å². The van der Waals surface area contributed by atoms with Gasteiger partial charge in [0.2, 0.25) is 0 Å². The Kier molecular flexibility index (Phi) is 0.982. The second kappa shape index (κ2) is 1.50. The fraction of sp³-hybridized carbons (Fsp3) is 0.750. The summed E-state index contributed by atoms with van der Waals surface area (Å²) in [5.41, 5.74) is 4.16. The van der Waals surface area contributed by atoms with Gasteiger partial charge in [0.15, 0.2) is 0 Å². The van der Waals surface area contributed by atoms with Crippen LogP contribution in [0, 0.1) is 0 Å². The molecule has 0 atom stereocenters. The molecule has 3 nitrogen and oxygen atoms in total. The first kappa shape index (κ1) is 4.59. The maximum atomic E-state index is 10.3. The zero-order valence-electron chi connectivity index (χ0n) is 5.39. The van der Waals surface area contributed by atoms with Crippen LogP contribution in [0.15, 0.2) is 0 Å². The third-order valence-electron chi connectivity index (χ3n) is 0.526. The topological polar surface area (TPSA) is 63.3 Å². The fourth-order valence-corrected chi connectivity index (χ4v) is 0. The zero-order chi connectivity index (χ0) is 6.78. The molecule has 0 unspecified atom stereocenters. The predicted octanol–water partition coefficient (Wildman–Crippen LogP) is -0.192. The summed E-state index contributed by atoms with van der Waals surface area (Å²) in [4.78, 5) is 10.3. The summed E-state index contributed by atoms with van der Waals surface area (Å²) < 4.78 is 6.13. The minimum Gasteiger partial charge on any atom is -0.480 e. The Morgan fingerprint density at radius 2 is 2.43 bits per heavy atom. The number of carboxylic acids is 1. The lowest BCUT2D eigenvalue weighted by atomic mass is 10.1. The van der Waals surface area contributed by atoms with E-state index in [0.29, 0.717) is 0 Å². The molecule has 0 aliphatic rings. The number of carboxylic acid groups (broad SMARTS) is 1. The molecule has 0 bridgehead atoms. The maximum Gasteiger partial charge on any atom is 0.323 e. The van der Waals surface area contributed by atoms with E-state index in [1.54, 1.807) is 0 Å². The first-order valence-electron chi connectivity index (χ1n) is 2.36. The van der Waals surface area contributed by atoms with Gasteiger partial charge < -0.3 is 10.8 Å². The van der Waals surface area contributed by atoms with Gasteiger partial charge >= 0.3 is 5.97 Å². The minimum absolute atomic E-state index is 0.725. The van der Waals surface area contributed by atoms with Crippen molar-refractivity contribution in [2.45, 2.75) is 19.4 Å². The van der Waals surface area contributed by atoms with Crippen LogP contribution in [0.1, 0.15) is 13.8 Å². The van der Waals surface area contributed by atoms with Crippen molar-refractivity contribution in [3.8, 4) is 0 Å². The van der Waals surface area contributed by atoms with Crippen molar-refractivity contribution >= 4 is 5.97 Å². The minimum atomic E-state index is -1.04. The molecule has 0 amide bonds. The fourth-order valence-electron chi connectivity index (χ4n) is 0. The third-order valence-corrected chi connectivity index (χ3v) is 0.526. The van der Waals surface area contributed by atoms with Crippen LogP contribution < -0.4 is 5.73 Å². The largest absolute Gasteiger partial charge is 0.480 e. The quantitative estimate of drug-likeness (QED) is 0.484. The summed E-state index contributed by atoms with van der Waals surface area (Å²) in [6.07, 6.45) is 0. The van der Waals surface area contributed by atoms with Crippen molar-refractivity contribution < 1.29 is 9.90 Å². The van der Waals surface area contributed by atoms with Crippen molar-refractivity contribution in [1.29, 1.82) is 1.43 Å². The molecule has 0 aromatic carbocycles. The number of aliphatic carboxylic acids is 1. The van der Waals surface area contributed by atoms with Crippen LogP contribution in [0.4, 0.5) is 0 Å². The Hall–Kier alpha value is -0.570. The molecule has 0 fully saturated rings. The van der Waals surface area contributed by atoms with E-state index in [9.17, 15) is 4.79 Å². The van der Waals surface area contributed by atoms with E-state index < -0.39 is 11.5 Å². The van der Waals surface area contributed by atoms with Crippen molar-refractivity contribution in [3.05, 3.63) is 0 Å². The van der Waals surface area contributed by atoms with Gasteiger partial charge in [-0.2, -0.15) is 0 Å². The molecule has 3 N–H and O–H groups in total.